The summed E-state index contributed by atoms with van der Waals surface area (Å²) < 4.78 is 0. The first-order chi connectivity index (χ1) is 7.66. The van der Waals surface area contributed by atoms with Crippen molar-refractivity contribution in [3.8, 4) is 0 Å². The molecule has 0 unspecified atom stereocenters. The molecule has 0 saturated carbocycles. The lowest BCUT2D eigenvalue weighted by Gasteiger charge is -2.29. The Morgan fingerprint density at radius 2 is 2.12 bits per heavy atom. The van der Waals surface area contributed by atoms with Gasteiger partial charge >= 0.3 is 0 Å². The zero-order valence-electron chi connectivity index (χ0n) is 9.32. The number of likely N-dealkylation sites (tertiary alicyclic amines) is 1. The van der Waals surface area contributed by atoms with Crippen molar-refractivity contribution in [1.82, 2.24) is 9.88 Å². The van der Waals surface area contributed by atoms with Crippen LogP contribution in [0.3, 0.4) is 0 Å². The van der Waals surface area contributed by atoms with Gasteiger partial charge < -0.3 is 4.90 Å². The summed E-state index contributed by atoms with van der Waals surface area (Å²) in [6.45, 7) is 3.41. The third kappa shape index (κ3) is 2.53. The molecule has 0 atom stereocenters. The average Bonchev–Trinajstić information content (AvgIpc) is 2.30. The van der Waals surface area contributed by atoms with E-state index in [9.17, 15) is 4.79 Å². The fraction of sp³-hybridized carbons (Fsp3) is 0.500. The first-order valence-corrected chi connectivity index (χ1v) is 5.96. The number of rotatable bonds is 1. The van der Waals surface area contributed by atoms with Crippen LogP contribution in [-0.2, 0) is 0 Å². The molecular formula is C12H15ClN2O. The van der Waals surface area contributed by atoms with Crippen LogP contribution in [0.15, 0.2) is 18.3 Å². The van der Waals surface area contributed by atoms with Crippen LogP contribution in [0, 0.1) is 6.92 Å². The van der Waals surface area contributed by atoms with E-state index < -0.39 is 0 Å². The van der Waals surface area contributed by atoms with E-state index in [0.717, 1.165) is 31.6 Å². The van der Waals surface area contributed by atoms with Crippen molar-refractivity contribution >= 4 is 17.5 Å². The van der Waals surface area contributed by atoms with Crippen LogP contribution in [0.4, 0.5) is 0 Å². The lowest BCUT2D eigenvalue weighted by Crippen LogP contribution is -2.38. The van der Waals surface area contributed by atoms with E-state index in [1.165, 1.54) is 0 Å². The molecule has 0 bridgehead atoms. The predicted molar refractivity (Wildman–Crippen MR) is 63.8 cm³/mol. The van der Waals surface area contributed by atoms with E-state index in [0.29, 0.717) is 5.56 Å². The van der Waals surface area contributed by atoms with E-state index >= 15 is 0 Å². The Bertz CT molecular complexity index is 369. The molecule has 2 heterocycles. The van der Waals surface area contributed by atoms with Gasteiger partial charge in [0, 0.05) is 30.4 Å². The van der Waals surface area contributed by atoms with Gasteiger partial charge in [-0.05, 0) is 31.9 Å². The van der Waals surface area contributed by atoms with E-state index in [-0.39, 0.29) is 11.3 Å². The van der Waals surface area contributed by atoms with Gasteiger partial charge in [0.25, 0.3) is 5.91 Å². The van der Waals surface area contributed by atoms with E-state index in [1.807, 2.05) is 24.0 Å². The summed E-state index contributed by atoms with van der Waals surface area (Å²) in [4.78, 5) is 18.0. The van der Waals surface area contributed by atoms with Crippen molar-refractivity contribution in [2.24, 2.45) is 0 Å². The van der Waals surface area contributed by atoms with E-state index in [4.69, 9.17) is 11.6 Å². The zero-order valence-corrected chi connectivity index (χ0v) is 10.1. The highest BCUT2D eigenvalue weighted by Gasteiger charge is 2.22. The number of amides is 1. The summed E-state index contributed by atoms with van der Waals surface area (Å²) in [5, 5.41) is 0.222. The molecular weight excluding hydrogens is 224 g/mol. The maximum atomic E-state index is 12.1. The quantitative estimate of drug-likeness (QED) is 0.703. The molecule has 0 aliphatic carbocycles. The second kappa shape index (κ2) is 4.83. The molecule has 2 rings (SSSR count). The summed E-state index contributed by atoms with van der Waals surface area (Å²) in [6.07, 6.45) is 3.41. The molecule has 0 N–H and O–H groups in total. The van der Waals surface area contributed by atoms with Gasteiger partial charge in [-0.1, -0.05) is 0 Å². The van der Waals surface area contributed by atoms with Gasteiger partial charge in [-0.25, -0.2) is 0 Å². The summed E-state index contributed by atoms with van der Waals surface area (Å²) in [6, 6.07) is 3.69. The minimum atomic E-state index is 0.0658. The Kier molecular flexibility index (Phi) is 3.44. The number of alkyl halides is 1. The Balaban J connectivity index is 2.05. The van der Waals surface area contributed by atoms with Crippen molar-refractivity contribution in [3.63, 3.8) is 0 Å². The fourth-order valence-corrected chi connectivity index (χ4v) is 2.02. The van der Waals surface area contributed by atoms with Crippen molar-refractivity contribution in [3.05, 3.63) is 29.6 Å². The van der Waals surface area contributed by atoms with Crippen molar-refractivity contribution in [2.45, 2.75) is 25.1 Å². The van der Waals surface area contributed by atoms with Crippen LogP contribution in [0.2, 0.25) is 0 Å². The molecule has 1 fully saturated rings. The molecule has 1 aromatic rings. The number of pyridine rings is 1. The number of piperidine rings is 1. The average molecular weight is 239 g/mol. The van der Waals surface area contributed by atoms with Gasteiger partial charge in [0.1, 0.15) is 0 Å². The maximum absolute atomic E-state index is 12.1. The molecule has 1 aliphatic rings. The Labute approximate surface area is 100 Å². The minimum Gasteiger partial charge on any atom is -0.338 e. The zero-order chi connectivity index (χ0) is 11.5. The second-order valence-corrected chi connectivity index (χ2v) is 4.77. The van der Waals surface area contributed by atoms with Crippen LogP contribution in [0.1, 0.15) is 28.9 Å². The van der Waals surface area contributed by atoms with Crippen LogP contribution >= 0.6 is 11.6 Å². The third-order valence-corrected chi connectivity index (χ3v) is 3.31. The number of aryl methyl sites for hydroxylation is 1. The van der Waals surface area contributed by atoms with Gasteiger partial charge in [0.05, 0.1) is 5.56 Å². The molecule has 86 valence electrons. The SMILES string of the molecule is Cc1ccc(C(=O)N2CCC(Cl)CC2)cn1. The van der Waals surface area contributed by atoms with E-state index in [1.54, 1.807) is 6.20 Å². The lowest BCUT2D eigenvalue weighted by atomic mass is 10.1. The van der Waals surface area contributed by atoms with Gasteiger partial charge in [0.2, 0.25) is 0 Å². The number of carbonyl (C=O) groups excluding carboxylic acids is 1. The Hall–Kier alpha value is -1.09. The fourth-order valence-electron chi connectivity index (χ4n) is 1.83. The summed E-state index contributed by atoms with van der Waals surface area (Å²) in [5.74, 6) is 0.0658. The number of aromatic nitrogens is 1. The van der Waals surface area contributed by atoms with Crippen molar-refractivity contribution in [2.75, 3.05) is 13.1 Å². The second-order valence-electron chi connectivity index (χ2n) is 4.16. The molecule has 1 amide bonds. The third-order valence-electron chi connectivity index (χ3n) is 2.87. The summed E-state index contributed by atoms with van der Waals surface area (Å²) in [7, 11) is 0. The van der Waals surface area contributed by atoms with Gasteiger partial charge in [-0.2, -0.15) is 0 Å². The topological polar surface area (TPSA) is 33.2 Å². The van der Waals surface area contributed by atoms with Crippen LogP contribution < -0.4 is 0 Å². The number of hydrogen-bond acceptors (Lipinski definition) is 2. The van der Waals surface area contributed by atoms with Crippen LogP contribution in [0.25, 0.3) is 0 Å². The number of nitrogens with zero attached hydrogens (tertiary/aromatic N) is 2. The molecule has 1 saturated heterocycles. The maximum Gasteiger partial charge on any atom is 0.255 e. The molecule has 3 nitrogen and oxygen atoms in total. The molecule has 1 aliphatic heterocycles. The lowest BCUT2D eigenvalue weighted by molar-refractivity contribution is 0.0726. The standard InChI is InChI=1S/C12H15ClN2O/c1-9-2-3-10(8-14-9)12(16)15-6-4-11(13)5-7-15/h2-3,8,11H,4-7H2,1H3. The predicted octanol–water partition coefficient (Wildman–Crippen LogP) is 2.23. The highest BCUT2D eigenvalue weighted by atomic mass is 35.5. The number of hydrogen-bond donors (Lipinski definition) is 0. The van der Waals surface area contributed by atoms with Crippen molar-refractivity contribution in [1.29, 1.82) is 0 Å². The smallest absolute Gasteiger partial charge is 0.255 e. The molecule has 16 heavy (non-hydrogen) atoms. The van der Waals surface area contributed by atoms with Gasteiger partial charge in [-0.15, -0.1) is 11.6 Å². The first-order valence-electron chi connectivity index (χ1n) is 5.53. The first kappa shape index (κ1) is 11.4. The normalized spacial score (nSPS) is 17.5. The Morgan fingerprint density at radius 3 is 2.69 bits per heavy atom. The van der Waals surface area contributed by atoms with E-state index in [2.05, 4.69) is 4.98 Å². The summed E-state index contributed by atoms with van der Waals surface area (Å²) >= 11 is 6.00. The molecule has 0 spiro atoms. The summed E-state index contributed by atoms with van der Waals surface area (Å²) in [5.41, 5.74) is 1.59. The van der Waals surface area contributed by atoms with Crippen LogP contribution in [-0.4, -0.2) is 34.3 Å². The monoisotopic (exact) mass is 238 g/mol. The highest BCUT2D eigenvalue weighted by molar-refractivity contribution is 6.20. The number of halogens is 1. The van der Waals surface area contributed by atoms with Crippen molar-refractivity contribution < 1.29 is 4.79 Å². The molecule has 4 heteroatoms. The largest absolute Gasteiger partial charge is 0.338 e. The van der Waals surface area contributed by atoms with Gasteiger partial charge in [0.15, 0.2) is 0 Å². The molecule has 1 aromatic heterocycles. The van der Waals surface area contributed by atoms with Gasteiger partial charge in [-0.3, -0.25) is 9.78 Å². The molecule has 0 aromatic carbocycles. The number of carbonyl (C=O) groups is 1. The minimum absolute atomic E-state index is 0.0658. The van der Waals surface area contributed by atoms with Crippen LogP contribution in [0.5, 0.6) is 0 Å². The highest BCUT2D eigenvalue weighted by Crippen LogP contribution is 2.17. The Morgan fingerprint density at radius 1 is 1.44 bits per heavy atom. The molecule has 0 radical (unpaired) electrons.